The van der Waals surface area contributed by atoms with Gasteiger partial charge in [-0.15, -0.1) is 12.4 Å². The molecule has 27 heavy (non-hydrogen) atoms. The summed E-state index contributed by atoms with van der Waals surface area (Å²) in [4.78, 5) is 6.87. The van der Waals surface area contributed by atoms with Gasteiger partial charge < -0.3 is 10.3 Å². The largest absolute Gasteiger partial charge is 0.338 e. The standard InChI is InChI=1S/C20H21ClN4O.ClH/c21-17-8-6-15(7-9-17)20-23-19(26-24-20)13-25-11-16(10-22)18(12-25)14-4-2-1-3-5-14;/h1-9,16,18H,10-13,22H2;1H/t16-,18+;/m1./s1. The van der Waals surface area contributed by atoms with Crippen molar-refractivity contribution in [1.29, 1.82) is 0 Å². The Morgan fingerprint density at radius 1 is 1.07 bits per heavy atom. The van der Waals surface area contributed by atoms with Crippen molar-refractivity contribution in [1.82, 2.24) is 15.0 Å². The number of benzene rings is 2. The first-order valence-corrected chi connectivity index (χ1v) is 9.16. The predicted octanol–water partition coefficient (Wildman–Crippen LogP) is 3.99. The van der Waals surface area contributed by atoms with Gasteiger partial charge in [-0.3, -0.25) is 4.90 Å². The molecule has 0 radical (unpaired) electrons. The lowest BCUT2D eigenvalue weighted by atomic mass is 9.89. The van der Waals surface area contributed by atoms with Crippen LogP contribution in [0.2, 0.25) is 5.02 Å². The van der Waals surface area contributed by atoms with Crippen molar-refractivity contribution < 1.29 is 4.52 Å². The maximum atomic E-state index is 6.02. The number of aromatic nitrogens is 2. The van der Waals surface area contributed by atoms with Crippen LogP contribution in [0.15, 0.2) is 59.1 Å². The third-order valence-electron chi connectivity index (χ3n) is 4.98. The fourth-order valence-electron chi connectivity index (χ4n) is 3.63. The lowest BCUT2D eigenvalue weighted by Gasteiger charge is -2.16. The molecular weight excluding hydrogens is 383 g/mol. The van der Waals surface area contributed by atoms with Crippen molar-refractivity contribution in [2.45, 2.75) is 12.5 Å². The second-order valence-electron chi connectivity index (χ2n) is 6.73. The molecule has 0 amide bonds. The van der Waals surface area contributed by atoms with E-state index in [1.54, 1.807) is 0 Å². The van der Waals surface area contributed by atoms with Crippen LogP contribution in [0, 0.1) is 5.92 Å². The molecule has 2 heterocycles. The molecule has 3 aromatic rings. The Morgan fingerprint density at radius 2 is 1.81 bits per heavy atom. The summed E-state index contributed by atoms with van der Waals surface area (Å²) in [5.74, 6) is 2.10. The second-order valence-corrected chi connectivity index (χ2v) is 7.16. The van der Waals surface area contributed by atoms with Gasteiger partial charge in [0.05, 0.1) is 6.54 Å². The molecule has 2 atom stereocenters. The third-order valence-corrected chi connectivity index (χ3v) is 5.23. The van der Waals surface area contributed by atoms with E-state index < -0.39 is 0 Å². The highest BCUT2D eigenvalue weighted by atomic mass is 35.5. The first kappa shape index (κ1) is 19.8. The summed E-state index contributed by atoms with van der Waals surface area (Å²) in [7, 11) is 0. The molecule has 0 saturated carbocycles. The molecule has 1 aliphatic rings. The van der Waals surface area contributed by atoms with Crippen molar-refractivity contribution in [3.63, 3.8) is 0 Å². The molecule has 5 nitrogen and oxygen atoms in total. The summed E-state index contributed by atoms with van der Waals surface area (Å²) < 4.78 is 5.45. The van der Waals surface area contributed by atoms with Crippen LogP contribution < -0.4 is 5.73 Å². The summed E-state index contributed by atoms with van der Waals surface area (Å²) in [6, 6.07) is 18.0. The molecule has 0 bridgehead atoms. The molecular formula is C20H22Cl2N4O. The van der Waals surface area contributed by atoms with Crippen molar-refractivity contribution in [2.75, 3.05) is 19.6 Å². The van der Waals surface area contributed by atoms with Crippen LogP contribution in [0.3, 0.4) is 0 Å². The minimum Gasteiger partial charge on any atom is -0.338 e. The molecule has 0 unspecified atom stereocenters. The topological polar surface area (TPSA) is 68.2 Å². The molecule has 1 aliphatic heterocycles. The summed E-state index contributed by atoms with van der Waals surface area (Å²) in [6.07, 6.45) is 0. The molecule has 0 spiro atoms. The summed E-state index contributed by atoms with van der Waals surface area (Å²) in [5, 5.41) is 4.78. The number of nitrogens with two attached hydrogens (primary N) is 1. The fraction of sp³-hybridized carbons (Fsp3) is 0.300. The van der Waals surface area contributed by atoms with Crippen molar-refractivity contribution in [3.05, 3.63) is 71.1 Å². The van der Waals surface area contributed by atoms with Gasteiger partial charge >= 0.3 is 0 Å². The minimum absolute atomic E-state index is 0. The molecule has 1 saturated heterocycles. The Bertz CT molecular complexity index is 854. The summed E-state index contributed by atoms with van der Waals surface area (Å²) in [6.45, 7) is 3.20. The van der Waals surface area contributed by atoms with E-state index in [9.17, 15) is 0 Å². The minimum atomic E-state index is 0. The number of halogens is 2. The normalized spacial score (nSPS) is 19.8. The van der Waals surface area contributed by atoms with E-state index in [4.69, 9.17) is 21.9 Å². The van der Waals surface area contributed by atoms with Gasteiger partial charge in [0.15, 0.2) is 0 Å². The van der Waals surface area contributed by atoms with E-state index in [1.165, 1.54) is 5.56 Å². The number of likely N-dealkylation sites (tertiary alicyclic amines) is 1. The highest BCUT2D eigenvalue weighted by Crippen LogP contribution is 2.32. The molecule has 1 fully saturated rings. The second kappa shape index (κ2) is 8.85. The Balaban J connectivity index is 0.00000210. The first-order chi connectivity index (χ1) is 12.7. The van der Waals surface area contributed by atoms with Gasteiger partial charge in [-0.1, -0.05) is 47.1 Å². The van der Waals surface area contributed by atoms with E-state index in [1.807, 2.05) is 30.3 Å². The van der Waals surface area contributed by atoms with E-state index in [0.717, 1.165) is 18.7 Å². The van der Waals surface area contributed by atoms with Crippen LogP contribution in [0.25, 0.3) is 11.4 Å². The zero-order valence-electron chi connectivity index (χ0n) is 14.8. The lowest BCUT2D eigenvalue weighted by Crippen LogP contribution is -2.23. The van der Waals surface area contributed by atoms with Crippen LogP contribution in [-0.2, 0) is 6.54 Å². The SMILES string of the molecule is Cl.NC[C@@H]1CN(Cc2nc(-c3ccc(Cl)cc3)no2)C[C@H]1c1ccccc1. The molecule has 0 aliphatic carbocycles. The third kappa shape index (κ3) is 4.50. The van der Waals surface area contributed by atoms with E-state index in [0.29, 0.717) is 41.7 Å². The van der Waals surface area contributed by atoms with Gasteiger partial charge in [-0.2, -0.15) is 4.98 Å². The van der Waals surface area contributed by atoms with Crippen LogP contribution >= 0.6 is 24.0 Å². The Labute approximate surface area is 169 Å². The van der Waals surface area contributed by atoms with E-state index >= 15 is 0 Å². The fourth-order valence-corrected chi connectivity index (χ4v) is 3.76. The van der Waals surface area contributed by atoms with Gasteiger partial charge in [-0.05, 0) is 42.3 Å². The number of hydrogen-bond acceptors (Lipinski definition) is 5. The van der Waals surface area contributed by atoms with Gasteiger partial charge in [0.2, 0.25) is 11.7 Å². The molecule has 7 heteroatoms. The number of nitrogens with zero attached hydrogens (tertiary/aromatic N) is 3. The molecule has 2 N–H and O–H groups in total. The van der Waals surface area contributed by atoms with Gasteiger partial charge in [0, 0.05) is 29.6 Å². The Kier molecular flexibility index (Phi) is 6.50. The summed E-state index contributed by atoms with van der Waals surface area (Å²) >= 11 is 5.93. The van der Waals surface area contributed by atoms with E-state index in [2.05, 4.69) is 39.3 Å². The van der Waals surface area contributed by atoms with E-state index in [-0.39, 0.29) is 12.4 Å². The molecule has 4 rings (SSSR count). The van der Waals surface area contributed by atoms with Gasteiger partial charge in [0.25, 0.3) is 0 Å². The molecule has 142 valence electrons. The van der Waals surface area contributed by atoms with Gasteiger partial charge in [0.1, 0.15) is 0 Å². The highest BCUT2D eigenvalue weighted by Gasteiger charge is 2.33. The summed E-state index contributed by atoms with van der Waals surface area (Å²) in [5.41, 5.74) is 8.26. The van der Waals surface area contributed by atoms with Crippen LogP contribution in [0.1, 0.15) is 17.4 Å². The quantitative estimate of drug-likeness (QED) is 0.695. The van der Waals surface area contributed by atoms with Gasteiger partial charge in [-0.25, -0.2) is 0 Å². The Hall–Kier alpha value is -1.92. The van der Waals surface area contributed by atoms with Crippen LogP contribution in [0.4, 0.5) is 0 Å². The van der Waals surface area contributed by atoms with Crippen molar-refractivity contribution >= 4 is 24.0 Å². The average Bonchev–Trinajstić information content (AvgIpc) is 3.30. The highest BCUT2D eigenvalue weighted by molar-refractivity contribution is 6.30. The number of rotatable bonds is 5. The smallest absolute Gasteiger partial charge is 0.241 e. The maximum Gasteiger partial charge on any atom is 0.241 e. The predicted molar refractivity (Wildman–Crippen MR) is 109 cm³/mol. The lowest BCUT2D eigenvalue weighted by molar-refractivity contribution is 0.260. The monoisotopic (exact) mass is 404 g/mol. The van der Waals surface area contributed by atoms with Crippen LogP contribution in [0.5, 0.6) is 0 Å². The Morgan fingerprint density at radius 3 is 2.52 bits per heavy atom. The molecule has 1 aromatic heterocycles. The zero-order chi connectivity index (χ0) is 17.9. The zero-order valence-corrected chi connectivity index (χ0v) is 16.4. The van der Waals surface area contributed by atoms with Crippen LogP contribution in [-0.4, -0.2) is 34.7 Å². The average molecular weight is 405 g/mol. The molecule has 2 aromatic carbocycles. The maximum absolute atomic E-state index is 6.02. The number of hydrogen-bond donors (Lipinski definition) is 1. The van der Waals surface area contributed by atoms with Crippen molar-refractivity contribution in [2.24, 2.45) is 11.7 Å². The first-order valence-electron chi connectivity index (χ1n) is 8.79. The van der Waals surface area contributed by atoms with Crippen molar-refractivity contribution in [3.8, 4) is 11.4 Å².